The van der Waals surface area contributed by atoms with Gasteiger partial charge in [-0.15, -0.1) is 0 Å². The molecule has 1 aromatic carbocycles. The number of para-hydroxylation sites is 1. The van der Waals surface area contributed by atoms with Crippen LogP contribution in [0.5, 0.6) is 5.88 Å². The number of pyridine rings is 2. The number of anilines is 1. The Kier molecular flexibility index (Phi) is 4.60. The van der Waals surface area contributed by atoms with Crippen LogP contribution >= 0.6 is 0 Å². The van der Waals surface area contributed by atoms with E-state index in [1.54, 1.807) is 0 Å². The van der Waals surface area contributed by atoms with Crippen molar-refractivity contribution in [3.8, 4) is 5.88 Å². The zero-order valence-electron chi connectivity index (χ0n) is 16.3. The Labute approximate surface area is 169 Å². The number of ether oxygens (including phenoxy) is 1. The lowest BCUT2D eigenvalue weighted by molar-refractivity contribution is 0.286. The summed E-state index contributed by atoms with van der Waals surface area (Å²) in [5.41, 5.74) is 4.24. The van der Waals surface area contributed by atoms with E-state index in [-0.39, 0.29) is 0 Å². The predicted molar refractivity (Wildman–Crippen MR) is 113 cm³/mol. The summed E-state index contributed by atoms with van der Waals surface area (Å²) in [6.45, 7) is 1.36. The van der Waals surface area contributed by atoms with Gasteiger partial charge in [0.25, 0.3) is 0 Å². The molecule has 6 nitrogen and oxygen atoms in total. The number of aryl methyl sites for hydroxylation is 1. The molecule has 0 unspecified atom stereocenters. The number of hydrogen-bond acceptors (Lipinski definition) is 5. The maximum Gasteiger partial charge on any atom is 0.215 e. The zero-order valence-corrected chi connectivity index (χ0v) is 16.3. The highest BCUT2D eigenvalue weighted by Gasteiger charge is 2.39. The summed E-state index contributed by atoms with van der Waals surface area (Å²) in [5, 5.41) is 8.83. The van der Waals surface area contributed by atoms with Crippen LogP contribution in [0.3, 0.4) is 0 Å². The highest BCUT2D eigenvalue weighted by Crippen LogP contribution is 2.46. The molecule has 6 heteroatoms. The first kappa shape index (κ1) is 17.7. The van der Waals surface area contributed by atoms with Crippen LogP contribution in [-0.2, 0) is 13.6 Å². The zero-order chi connectivity index (χ0) is 19.6. The van der Waals surface area contributed by atoms with Gasteiger partial charge in [-0.25, -0.2) is 4.98 Å². The molecule has 3 aromatic heterocycles. The first-order valence-electron chi connectivity index (χ1n) is 9.91. The third kappa shape index (κ3) is 3.92. The molecule has 1 saturated carbocycles. The van der Waals surface area contributed by atoms with Gasteiger partial charge in [0.1, 0.15) is 0 Å². The van der Waals surface area contributed by atoms with Crippen LogP contribution in [0.2, 0.25) is 0 Å². The maximum absolute atomic E-state index is 6.09. The van der Waals surface area contributed by atoms with Crippen LogP contribution in [0.4, 0.5) is 5.69 Å². The molecule has 3 heterocycles. The van der Waals surface area contributed by atoms with Gasteiger partial charge in [-0.1, -0.05) is 24.3 Å². The molecule has 1 N–H and O–H groups in total. The first-order chi connectivity index (χ1) is 14.3. The lowest BCUT2D eigenvalue weighted by Crippen LogP contribution is -2.05. The normalized spacial score (nSPS) is 18.0. The lowest BCUT2D eigenvalue weighted by Gasteiger charge is -2.12. The van der Waals surface area contributed by atoms with Crippen molar-refractivity contribution in [2.75, 3.05) is 11.9 Å². The summed E-state index contributed by atoms with van der Waals surface area (Å²) in [6, 6.07) is 16.2. The van der Waals surface area contributed by atoms with Gasteiger partial charge in [-0.3, -0.25) is 9.67 Å². The number of nitrogens with one attached hydrogen (secondary N) is 1. The second-order valence-corrected chi connectivity index (χ2v) is 7.57. The molecule has 0 bridgehead atoms. The highest BCUT2D eigenvalue weighted by atomic mass is 16.5. The van der Waals surface area contributed by atoms with Crippen molar-refractivity contribution in [2.24, 2.45) is 13.0 Å². The number of benzene rings is 1. The third-order valence-electron chi connectivity index (χ3n) is 5.37. The van der Waals surface area contributed by atoms with Gasteiger partial charge in [0.15, 0.2) is 0 Å². The number of fused-ring (bicyclic) bond motifs is 1. The fraction of sp³-hybridized carbons (Fsp3) is 0.261. The summed E-state index contributed by atoms with van der Waals surface area (Å²) in [5.74, 6) is 1.66. The Morgan fingerprint density at radius 1 is 1.17 bits per heavy atom. The Morgan fingerprint density at radius 3 is 2.90 bits per heavy atom. The van der Waals surface area contributed by atoms with Crippen LogP contribution in [-0.4, -0.2) is 26.4 Å². The molecule has 5 rings (SSSR count). The molecule has 146 valence electrons. The van der Waals surface area contributed by atoms with Gasteiger partial charge >= 0.3 is 0 Å². The Morgan fingerprint density at radius 2 is 2.07 bits per heavy atom. The van der Waals surface area contributed by atoms with Crippen molar-refractivity contribution >= 4 is 16.6 Å². The average Bonchev–Trinajstić information content (AvgIpc) is 3.43. The summed E-state index contributed by atoms with van der Waals surface area (Å²) >= 11 is 0. The minimum atomic E-state index is 0.500. The van der Waals surface area contributed by atoms with Crippen LogP contribution in [0.15, 0.2) is 67.1 Å². The standard InChI is InChI=1S/C23H23N5O/c1-28-14-16(13-26-28)12-25-22-11-23(27-21-8-3-2-6-18(21)22)29-15-17-10-19(17)20-7-4-5-9-24-20/h2-9,11,13-14,17,19H,10,12,15H2,1H3,(H,25,27)/t17-,19+/m1/s1. The van der Waals surface area contributed by atoms with Gasteiger partial charge in [0, 0.05) is 66.2 Å². The first-order valence-corrected chi connectivity index (χ1v) is 9.91. The number of rotatable bonds is 7. The van der Waals surface area contributed by atoms with E-state index >= 15 is 0 Å². The lowest BCUT2D eigenvalue weighted by atomic mass is 10.2. The molecule has 1 fully saturated rings. The Hall–Kier alpha value is -3.41. The molecular formula is C23H23N5O. The third-order valence-corrected chi connectivity index (χ3v) is 5.37. The van der Waals surface area contributed by atoms with E-state index in [9.17, 15) is 0 Å². The topological polar surface area (TPSA) is 64.9 Å². The van der Waals surface area contributed by atoms with Gasteiger partial charge in [0.05, 0.1) is 18.3 Å². The number of aromatic nitrogens is 4. The summed E-state index contributed by atoms with van der Waals surface area (Å²) in [4.78, 5) is 9.17. The Balaban J connectivity index is 1.30. The van der Waals surface area contributed by atoms with Crippen molar-refractivity contribution in [3.63, 3.8) is 0 Å². The molecule has 1 aliphatic carbocycles. The molecule has 0 spiro atoms. The van der Waals surface area contributed by atoms with E-state index in [0.717, 1.165) is 34.3 Å². The van der Waals surface area contributed by atoms with Crippen LogP contribution in [0.25, 0.3) is 10.9 Å². The molecule has 2 atom stereocenters. The van der Waals surface area contributed by atoms with E-state index in [2.05, 4.69) is 27.5 Å². The molecule has 0 radical (unpaired) electrons. The van der Waals surface area contributed by atoms with Crippen LogP contribution in [0.1, 0.15) is 23.6 Å². The van der Waals surface area contributed by atoms with Gasteiger partial charge in [-0.2, -0.15) is 5.10 Å². The van der Waals surface area contributed by atoms with Crippen molar-refractivity contribution in [3.05, 3.63) is 78.4 Å². The summed E-state index contributed by atoms with van der Waals surface area (Å²) in [7, 11) is 1.92. The molecule has 0 amide bonds. The van der Waals surface area contributed by atoms with Crippen molar-refractivity contribution < 1.29 is 4.74 Å². The maximum atomic E-state index is 6.09. The molecule has 29 heavy (non-hydrogen) atoms. The van der Waals surface area contributed by atoms with Crippen molar-refractivity contribution in [1.82, 2.24) is 19.7 Å². The number of nitrogens with zero attached hydrogens (tertiary/aromatic N) is 4. The highest BCUT2D eigenvalue weighted by molar-refractivity contribution is 5.91. The van der Waals surface area contributed by atoms with Crippen molar-refractivity contribution in [2.45, 2.75) is 18.9 Å². The fourth-order valence-electron chi connectivity index (χ4n) is 3.71. The van der Waals surface area contributed by atoms with Crippen molar-refractivity contribution in [1.29, 1.82) is 0 Å². The van der Waals surface area contributed by atoms with Gasteiger partial charge in [-0.05, 0) is 24.6 Å². The van der Waals surface area contributed by atoms with E-state index in [1.165, 1.54) is 0 Å². The van der Waals surface area contributed by atoms with E-state index in [4.69, 9.17) is 9.72 Å². The molecule has 4 aromatic rings. The summed E-state index contributed by atoms with van der Waals surface area (Å²) in [6.07, 6.45) is 6.87. The minimum Gasteiger partial charge on any atom is -0.477 e. The smallest absolute Gasteiger partial charge is 0.215 e. The predicted octanol–water partition coefficient (Wildman–Crippen LogP) is 4.16. The SMILES string of the molecule is Cn1cc(CNc2cc(OC[C@H]3C[C@@H]3c3ccccn3)nc3ccccc23)cn1. The molecule has 0 aliphatic heterocycles. The van der Waals surface area contributed by atoms with Crippen LogP contribution in [0, 0.1) is 5.92 Å². The summed E-state index contributed by atoms with van der Waals surface area (Å²) < 4.78 is 7.90. The minimum absolute atomic E-state index is 0.500. The fourth-order valence-corrected chi connectivity index (χ4v) is 3.71. The van der Waals surface area contributed by atoms with Gasteiger partial charge in [0.2, 0.25) is 5.88 Å². The van der Waals surface area contributed by atoms with E-state index in [1.807, 2.05) is 66.7 Å². The van der Waals surface area contributed by atoms with Gasteiger partial charge < -0.3 is 10.1 Å². The average molecular weight is 385 g/mol. The Bertz CT molecular complexity index is 1120. The van der Waals surface area contributed by atoms with Crippen LogP contribution < -0.4 is 10.1 Å². The number of hydrogen-bond donors (Lipinski definition) is 1. The van der Waals surface area contributed by atoms with E-state index in [0.29, 0.717) is 30.9 Å². The second-order valence-electron chi connectivity index (χ2n) is 7.57. The quantitative estimate of drug-likeness (QED) is 0.518. The second kappa shape index (κ2) is 7.54. The van der Waals surface area contributed by atoms with E-state index < -0.39 is 0 Å². The monoisotopic (exact) mass is 385 g/mol. The molecular weight excluding hydrogens is 362 g/mol. The molecule has 1 aliphatic rings. The molecule has 0 saturated heterocycles. The largest absolute Gasteiger partial charge is 0.477 e.